The topological polar surface area (TPSA) is 33.1 Å². The number of thioether (sulfide) groups is 1. The van der Waals surface area contributed by atoms with E-state index in [0.717, 1.165) is 10.6 Å². The molecule has 2 aromatic rings. The molecule has 102 valence electrons. The highest BCUT2D eigenvalue weighted by Crippen LogP contribution is 2.22. The van der Waals surface area contributed by atoms with Crippen LogP contribution in [-0.4, -0.2) is 16.7 Å². The number of aliphatic hydroxyl groups excluding tert-OH is 1. The van der Waals surface area contributed by atoms with Crippen molar-refractivity contribution >= 4 is 23.4 Å². The quantitative estimate of drug-likeness (QED) is 0.696. The van der Waals surface area contributed by atoms with Crippen molar-refractivity contribution in [2.24, 2.45) is 0 Å². The molecule has 2 rings (SSSR count). The molecule has 0 atom stereocenters. The first-order chi connectivity index (χ1) is 9.67. The van der Waals surface area contributed by atoms with E-state index in [0.29, 0.717) is 16.3 Å². The van der Waals surface area contributed by atoms with Crippen LogP contribution < -0.4 is 0 Å². The Morgan fingerprint density at radius 3 is 2.85 bits per heavy atom. The van der Waals surface area contributed by atoms with Crippen LogP contribution in [0.2, 0.25) is 5.02 Å². The molecule has 1 heterocycles. The number of hydrogen-bond acceptors (Lipinski definition) is 3. The van der Waals surface area contributed by atoms with Crippen LogP contribution in [0.5, 0.6) is 0 Å². The fraction of sp³-hybridized carbons (Fsp3) is 0.133. The highest BCUT2D eigenvalue weighted by molar-refractivity contribution is 7.98. The summed E-state index contributed by atoms with van der Waals surface area (Å²) >= 11 is 7.25. The Labute approximate surface area is 126 Å². The Morgan fingerprint density at radius 1 is 1.30 bits per heavy atom. The monoisotopic (exact) mass is 307 g/mol. The summed E-state index contributed by atoms with van der Waals surface area (Å²) in [7, 11) is 0. The van der Waals surface area contributed by atoms with Crippen LogP contribution in [0.3, 0.4) is 0 Å². The zero-order valence-corrected chi connectivity index (χ0v) is 12.0. The maximum absolute atomic E-state index is 13.5. The molecule has 20 heavy (non-hydrogen) atoms. The second-order valence-corrected chi connectivity index (χ2v) is 5.34. The molecule has 0 spiro atoms. The van der Waals surface area contributed by atoms with Crippen molar-refractivity contribution in [3.8, 4) is 11.8 Å². The minimum absolute atomic E-state index is 0.241. The third kappa shape index (κ3) is 4.53. The van der Waals surface area contributed by atoms with Gasteiger partial charge in [-0.25, -0.2) is 9.37 Å². The normalized spacial score (nSPS) is 9.95. The second-order valence-electron chi connectivity index (χ2n) is 3.91. The second kappa shape index (κ2) is 7.30. The molecule has 0 bridgehead atoms. The summed E-state index contributed by atoms with van der Waals surface area (Å²) in [4.78, 5) is 4.16. The molecule has 1 N–H and O–H groups in total. The minimum atomic E-state index is -0.339. The standard InChI is InChI=1S/C15H11ClFNOS/c16-13-3-4-15(18-9-13)20-10-12-6-11(2-1-5-19)7-14(17)8-12/h3-4,6-9,19H,5,10H2. The summed E-state index contributed by atoms with van der Waals surface area (Å²) in [5.41, 5.74) is 1.37. The van der Waals surface area contributed by atoms with Gasteiger partial charge in [-0.3, -0.25) is 0 Å². The number of aromatic nitrogens is 1. The summed E-state index contributed by atoms with van der Waals surface area (Å²) in [6.45, 7) is -0.241. The average Bonchev–Trinajstić information content (AvgIpc) is 2.44. The number of aliphatic hydroxyl groups is 1. The van der Waals surface area contributed by atoms with E-state index in [2.05, 4.69) is 16.8 Å². The van der Waals surface area contributed by atoms with Gasteiger partial charge in [-0.1, -0.05) is 23.4 Å². The van der Waals surface area contributed by atoms with Crippen LogP contribution in [0.4, 0.5) is 4.39 Å². The molecule has 0 saturated carbocycles. The van der Waals surface area contributed by atoms with E-state index >= 15 is 0 Å². The van der Waals surface area contributed by atoms with Crippen LogP contribution in [0.25, 0.3) is 0 Å². The Bertz CT molecular complexity index is 649. The van der Waals surface area contributed by atoms with Gasteiger partial charge in [-0.2, -0.15) is 0 Å². The Morgan fingerprint density at radius 2 is 2.15 bits per heavy atom. The van der Waals surface area contributed by atoms with Gasteiger partial charge in [-0.05, 0) is 35.9 Å². The summed E-state index contributed by atoms with van der Waals surface area (Å²) < 4.78 is 13.5. The summed E-state index contributed by atoms with van der Waals surface area (Å²) in [6.07, 6.45) is 1.58. The first-order valence-electron chi connectivity index (χ1n) is 5.81. The third-order valence-corrected chi connectivity index (χ3v) is 3.59. The van der Waals surface area contributed by atoms with Gasteiger partial charge in [0.05, 0.1) is 10.0 Å². The number of hydrogen-bond donors (Lipinski definition) is 1. The predicted octanol–water partition coefficient (Wildman–Crippen LogP) is 3.51. The largest absolute Gasteiger partial charge is 0.384 e. The zero-order chi connectivity index (χ0) is 14.4. The van der Waals surface area contributed by atoms with Gasteiger partial charge in [-0.15, -0.1) is 11.8 Å². The summed E-state index contributed by atoms with van der Waals surface area (Å²) in [5.74, 6) is 5.45. The van der Waals surface area contributed by atoms with Gasteiger partial charge in [0.15, 0.2) is 0 Å². The van der Waals surface area contributed by atoms with E-state index in [9.17, 15) is 4.39 Å². The molecule has 0 unspecified atom stereocenters. The minimum Gasteiger partial charge on any atom is -0.384 e. The molecule has 5 heteroatoms. The van der Waals surface area contributed by atoms with Crippen molar-refractivity contribution in [1.82, 2.24) is 4.98 Å². The highest BCUT2D eigenvalue weighted by atomic mass is 35.5. The Hall–Kier alpha value is -1.54. The molecular weight excluding hydrogens is 297 g/mol. The van der Waals surface area contributed by atoms with E-state index in [1.54, 1.807) is 18.3 Å². The first-order valence-corrected chi connectivity index (χ1v) is 7.17. The maximum atomic E-state index is 13.5. The van der Waals surface area contributed by atoms with Gasteiger partial charge < -0.3 is 5.11 Å². The Kier molecular flexibility index (Phi) is 5.42. The number of halogens is 2. The van der Waals surface area contributed by atoms with Crippen LogP contribution in [0.1, 0.15) is 11.1 Å². The number of benzene rings is 1. The van der Waals surface area contributed by atoms with Gasteiger partial charge >= 0.3 is 0 Å². The van der Waals surface area contributed by atoms with Gasteiger partial charge in [0.2, 0.25) is 0 Å². The van der Waals surface area contributed by atoms with Crippen LogP contribution in [0, 0.1) is 17.7 Å². The lowest BCUT2D eigenvalue weighted by Gasteiger charge is -2.03. The zero-order valence-electron chi connectivity index (χ0n) is 10.4. The van der Waals surface area contributed by atoms with E-state index in [1.165, 1.54) is 23.9 Å². The molecule has 1 aromatic carbocycles. The fourth-order valence-electron chi connectivity index (χ4n) is 1.55. The first kappa shape index (κ1) is 14.9. The van der Waals surface area contributed by atoms with Gasteiger partial charge in [0.1, 0.15) is 12.4 Å². The molecule has 0 aliphatic rings. The summed E-state index contributed by atoms with van der Waals surface area (Å²) in [5, 5.41) is 10.1. The highest BCUT2D eigenvalue weighted by Gasteiger charge is 2.02. The molecular formula is C15H11ClFNOS. The molecule has 0 aliphatic heterocycles. The molecule has 1 aromatic heterocycles. The summed E-state index contributed by atoms with van der Waals surface area (Å²) in [6, 6.07) is 8.19. The lowest BCUT2D eigenvalue weighted by molar-refractivity contribution is 0.350. The molecule has 2 nitrogen and oxygen atoms in total. The van der Waals surface area contributed by atoms with Crippen LogP contribution in [-0.2, 0) is 5.75 Å². The van der Waals surface area contributed by atoms with Gasteiger partial charge in [0, 0.05) is 17.5 Å². The van der Waals surface area contributed by atoms with Crippen molar-refractivity contribution in [3.63, 3.8) is 0 Å². The van der Waals surface area contributed by atoms with E-state index in [-0.39, 0.29) is 12.4 Å². The predicted molar refractivity (Wildman–Crippen MR) is 79.2 cm³/mol. The van der Waals surface area contributed by atoms with Crippen molar-refractivity contribution < 1.29 is 9.50 Å². The van der Waals surface area contributed by atoms with Crippen molar-refractivity contribution in [1.29, 1.82) is 0 Å². The molecule has 0 fully saturated rings. The van der Waals surface area contributed by atoms with Crippen molar-refractivity contribution in [2.45, 2.75) is 10.8 Å². The third-order valence-electron chi connectivity index (χ3n) is 2.36. The van der Waals surface area contributed by atoms with E-state index in [4.69, 9.17) is 16.7 Å². The average molecular weight is 308 g/mol. The smallest absolute Gasteiger partial charge is 0.124 e. The Balaban J connectivity index is 2.09. The lowest BCUT2D eigenvalue weighted by Crippen LogP contribution is -1.88. The molecule has 0 amide bonds. The number of rotatable bonds is 3. The SMILES string of the molecule is OCC#Cc1cc(F)cc(CSc2ccc(Cl)cn2)c1. The number of nitrogens with zero attached hydrogens (tertiary/aromatic N) is 1. The maximum Gasteiger partial charge on any atom is 0.124 e. The fourth-order valence-corrected chi connectivity index (χ4v) is 2.44. The van der Waals surface area contributed by atoms with Crippen LogP contribution in [0.15, 0.2) is 41.6 Å². The molecule has 0 radical (unpaired) electrons. The lowest BCUT2D eigenvalue weighted by atomic mass is 10.1. The molecule has 0 saturated heterocycles. The van der Waals surface area contributed by atoms with E-state index < -0.39 is 0 Å². The van der Waals surface area contributed by atoms with Crippen molar-refractivity contribution in [2.75, 3.05) is 6.61 Å². The van der Waals surface area contributed by atoms with Crippen molar-refractivity contribution in [3.05, 3.63) is 58.5 Å². The van der Waals surface area contributed by atoms with Crippen LogP contribution >= 0.6 is 23.4 Å². The number of pyridine rings is 1. The molecule has 0 aliphatic carbocycles. The van der Waals surface area contributed by atoms with Gasteiger partial charge in [0.25, 0.3) is 0 Å². The van der Waals surface area contributed by atoms with E-state index in [1.807, 2.05) is 6.07 Å².